The van der Waals surface area contributed by atoms with E-state index in [4.69, 9.17) is 4.74 Å². The van der Waals surface area contributed by atoms with Gasteiger partial charge in [-0.2, -0.15) is 0 Å². The first-order valence-electron chi connectivity index (χ1n) is 6.38. The van der Waals surface area contributed by atoms with Crippen LogP contribution < -0.4 is 10.2 Å². The number of nitrogens with one attached hydrogen (secondary N) is 1. The Labute approximate surface area is 108 Å². The number of nitrogens with zero attached hydrogens (tertiary/aromatic N) is 1. The first kappa shape index (κ1) is 12.9. The number of para-hydroxylation sites is 1. The average molecular weight is 248 g/mol. The maximum absolute atomic E-state index is 12.0. The van der Waals surface area contributed by atoms with Crippen molar-refractivity contribution in [3.63, 3.8) is 0 Å². The van der Waals surface area contributed by atoms with Crippen LogP contribution in [0.4, 0.5) is 10.5 Å². The van der Waals surface area contributed by atoms with Crippen LogP contribution in [0.1, 0.15) is 31.9 Å². The number of anilines is 1. The second-order valence-electron chi connectivity index (χ2n) is 4.77. The molecule has 1 aromatic carbocycles. The molecule has 0 saturated heterocycles. The predicted octanol–water partition coefficient (Wildman–Crippen LogP) is 2.70. The molecular formula is C14H20N2O2. The third-order valence-corrected chi connectivity index (χ3v) is 3.15. The molecule has 0 bridgehead atoms. The number of hydrogen-bond acceptors (Lipinski definition) is 3. The van der Waals surface area contributed by atoms with Gasteiger partial charge >= 0.3 is 6.09 Å². The van der Waals surface area contributed by atoms with Gasteiger partial charge in [0.15, 0.2) is 0 Å². The molecular weight excluding hydrogens is 228 g/mol. The van der Waals surface area contributed by atoms with Crippen LogP contribution in [0.2, 0.25) is 0 Å². The summed E-state index contributed by atoms with van der Waals surface area (Å²) in [5.41, 5.74) is 2.11. The van der Waals surface area contributed by atoms with Crippen molar-refractivity contribution in [3.8, 4) is 0 Å². The van der Waals surface area contributed by atoms with Gasteiger partial charge in [-0.1, -0.05) is 18.2 Å². The number of ether oxygens (including phenoxy) is 1. The van der Waals surface area contributed by atoms with Gasteiger partial charge in [0, 0.05) is 12.6 Å². The SMILES string of the molecule is CNC1CCN(C(=O)OC(C)C)c2ccccc21. The minimum Gasteiger partial charge on any atom is -0.446 e. The molecule has 0 spiro atoms. The van der Waals surface area contributed by atoms with E-state index in [0.717, 1.165) is 17.7 Å². The van der Waals surface area contributed by atoms with Gasteiger partial charge in [-0.3, -0.25) is 4.90 Å². The summed E-state index contributed by atoms with van der Waals surface area (Å²) in [4.78, 5) is 13.8. The fraction of sp³-hybridized carbons (Fsp3) is 0.500. The molecule has 0 fully saturated rings. The van der Waals surface area contributed by atoms with Crippen molar-refractivity contribution in [2.75, 3.05) is 18.5 Å². The van der Waals surface area contributed by atoms with Gasteiger partial charge in [0.25, 0.3) is 0 Å². The highest BCUT2D eigenvalue weighted by Crippen LogP contribution is 2.33. The first-order valence-corrected chi connectivity index (χ1v) is 6.38. The summed E-state index contributed by atoms with van der Waals surface area (Å²) in [7, 11) is 1.95. The normalized spacial score (nSPS) is 18.7. The Hall–Kier alpha value is -1.55. The van der Waals surface area contributed by atoms with Crippen LogP contribution in [-0.4, -0.2) is 25.8 Å². The van der Waals surface area contributed by atoms with E-state index in [2.05, 4.69) is 11.4 Å². The largest absolute Gasteiger partial charge is 0.446 e. The van der Waals surface area contributed by atoms with Gasteiger partial charge < -0.3 is 10.1 Å². The molecule has 1 unspecified atom stereocenters. The van der Waals surface area contributed by atoms with Gasteiger partial charge in [0.1, 0.15) is 0 Å². The number of rotatable bonds is 2. The molecule has 4 heteroatoms. The van der Waals surface area contributed by atoms with Crippen molar-refractivity contribution in [1.82, 2.24) is 5.32 Å². The van der Waals surface area contributed by atoms with Gasteiger partial charge in [-0.15, -0.1) is 0 Å². The van der Waals surface area contributed by atoms with Crippen molar-refractivity contribution in [1.29, 1.82) is 0 Å². The smallest absolute Gasteiger partial charge is 0.414 e. The minimum atomic E-state index is -0.257. The third kappa shape index (κ3) is 2.48. The Bertz CT molecular complexity index is 432. The molecule has 1 amide bonds. The highest BCUT2D eigenvalue weighted by molar-refractivity contribution is 5.89. The summed E-state index contributed by atoms with van der Waals surface area (Å²) in [5, 5.41) is 3.28. The molecule has 0 saturated carbocycles. The topological polar surface area (TPSA) is 41.6 Å². The number of carbonyl (C=O) groups is 1. The molecule has 1 heterocycles. The first-order chi connectivity index (χ1) is 8.63. The summed E-state index contributed by atoms with van der Waals surface area (Å²) >= 11 is 0. The van der Waals surface area contributed by atoms with Crippen LogP contribution in [0.5, 0.6) is 0 Å². The molecule has 1 N–H and O–H groups in total. The maximum Gasteiger partial charge on any atom is 0.414 e. The van der Waals surface area contributed by atoms with Gasteiger partial charge in [-0.25, -0.2) is 4.79 Å². The fourth-order valence-electron chi connectivity index (χ4n) is 2.32. The van der Waals surface area contributed by atoms with Crippen molar-refractivity contribution in [2.45, 2.75) is 32.4 Å². The Morgan fingerprint density at radius 2 is 2.17 bits per heavy atom. The number of carbonyl (C=O) groups excluding carboxylic acids is 1. The lowest BCUT2D eigenvalue weighted by Crippen LogP contribution is -2.40. The Morgan fingerprint density at radius 3 is 2.83 bits per heavy atom. The molecule has 1 aromatic rings. The molecule has 2 rings (SSSR count). The van der Waals surface area contributed by atoms with E-state index < -0.39 is 0 Å². The molecule has 1 aliphatic rings. The van der Waals surface area contributed by atoms with Crippen molar-refractivity contribution in [2.24, 2.45) is 0 Å². The van der Waals surface area contributed by atoms with Crippen LogP contribution in [-0.2, 0) is 4.74 Å². The lowest BCUT2D eigenvalue weighted by Gasteiger charge is -2.33. The molecule has 18 heavy (non-hydrogen) atoms. The minimum absolute atomic E-state index is 0.0910. The van der Waals surface area contributed by atoms with Crippen LogP contribution in [0.25, 0.3) is 0 Å². The zero-order valence-electron chi connectivity index (χ0n) is 11.1. The van der Waals surface area contributed by atoms with Crippen LogP contribution >= 0.6 is 0 Å². The van der Waals surface area contributed by atoms with Gasteiger partial charge in [0.2, 0.25) is 0 Å². The Balaban J connectivity index is 2.27. The van der Waals surface area contributed by atoms with E-state index in [-0.39, 0.29) is 12.2 Å². The second-order valence-corrected chi connectivity index (χ2v) is 4.77. The monoisotopic (exact) mass is 248 g/mol. The van der Waals surface area contributed by atoms with Gasteiger partial charge in [-0.05, 0) is 38.9 Å². The van der Waals surface area contributed by atoms with Crippen LogP contribution in [0.15, 0.2) is 24.3 Å². The summed E-state index contributed by atoms with van der Waals surface area (Å²) in [5.74, 6) is 0. The van der Waals surface area contributed by atoms with Crippen LogP contribution in [0.3, 0.4) is 0 Å². The number of amides is 1. The van der Waals surface area contributed by atoms with E-state index in [1.165, 1.54) is 0 Å². The van der Waals surface area contributed by atoms with E-state index in [9.17, 15) is 4.79 Å². The Morgan fingerprint density at radius 1 is 1.44 bits per heavy atom. The molecule has 98 valence electrons. The van der Waals surface area contributed by atoms with Gasteiger partial charge in [0.05, 0.1) is 11.8 Å². The van der Waals surface area contributed by atoms with Crippen LogP contribution in [0, 0.1) is 0 Å². The number of hydrogen-bond donors (Lipinski definition) is 1. The van der Waals surface area contributed by atoms with Crippen molar-refractivity contribution < 1.29 is 9.53 Å². The lowest BCUT2D eigenvalue weighted by molar-refractivity contribution is 0.122. The summed E-state index contributed by atoms with van der Waals surface area (Å²) in [6.07, 6.45) is 0.555. The highest BCUT2D eigenvalue weighted by Gasteiger charge is 2.28. The summed E-state index contributed by atoms with van der Waals surface area (Å²) in [6, 6.07) is 8.29. The molecule has 0 aliphatic carbocycles. The summed E-state index contributed by atoms with van der Waals surface area (Å²) < 4.78 is 5.28. The molecule has 4 nitrogen and oxygen atoms in total. The van der Waals surface area contributed by atoms with Crippen molar-refractivity contribution >= 4 is 11.8 Å². The van der Waals surface area contributed by atoms with E-state index in [1.54, 1.807) is 4.90 Å². The fourth-order valence-corrected chi connectivity index (χ4v) is 2.32. The molecule has 1 atom stereocenters. The zero-order chi connectivity index (χ0) is 13.1. The zero-order valence-corrected chi connectivity index (χ0v) is 11.1. The summed E-state index contributed by atoms with van der Waals surface area (Å²) in [6.45, 7) is 4.42. The quantitative estimate of drug-likeness (QED) is 0.875. The predicted molar refractivity (Wildman–Crippen MR) is 71.8 cm³/mol. The second kappa shape index (κ2) is 5.40. The molecule has 1 aliphatic heterocycles. The molecule has 0 aromatic heterocycles. The number of benzene rings is 1. The molecule has 0 radical (unpaired) electrons. The van der Waals surface area contributed by atoms with E-state index >= 15 is 0 Å². The number of fused-ring (bicyclic) bond motifs is 1. The average Bonchev–Trinajstić information content (AvgIpc) is 2.36. The Kier molecular flexibility index (Phi) is 3.87. The maximum atomic E-state index is 12.0. The highest BCUT2D eigenvalue weighted by atomic mass is 16.6. The lowest BCUT2D eigenvalue weighted by atomic mass is 9.97. The van der Waals surface area contributed by atoms with E-state index in [1.807, 2.05) is 39.1 Å². The van der Waals surface area contributed by atoms with E-state index in [0.29, 0.717) is 12.6 Å². The third-order valence-electron chi connectivity index (χ3n) is 3.15. The standard InChI is InChI=1S/C14H20N2O2/c1-10(2)18-14(17)16-9-8-12(15-3)11-6-4-5-7-13(11)16/h4-7,10,12,15H,8-9H2,1-3H3. The van der Waals surface area contributed by atoms with Crippen molar-refractivity contribution in [3.05, 3.63) is 29.8 Å².